The number of nitrogens with zero attached hydrogens (tertiary/aromatic N) is 2. The molecule has 0 saturated heterocycles. The summed E-state index contributed by atoms with van der Waals surface area (Å²) in [5, 5.41) is 8.09. The summed E-state index contributed by atoms with van der Waals surface area (Å²) in [6.45, 7) is 13.1. The zero-order valence-corrected chi connectivity index (χ0v) is 40.7. The van der Waals surface area contributed by atoms with Crippen LogP contribution in [-0.4, -0.2) is 169 Å². The molecule has 0 aliphatic heterocycles. The van der Waals surface area contributed by atoms with Crippen LogP contribution in [0, 0.1) is 0 Å². The fourth-order valence-electron chi connectivity index (χ4n) is 4.66. The minimum Gasteiger partial charge on any atom is -0.692 e. The maximum absolute atomic E-state index is 11.7. The number of ketones is 2. The Kier molecular flexibility index (Phi) is 49.8. The topological polar surface area (TPSA) is 136 Å². The smallest absolute Gasteiger partial charge is 0.185 e. The Morgan fingerprint density at radius 3 is 0.855 bits per heavy atom. The van der Waals surface area contributed by atoms with Gasteiger partial charge in [-0.15, -0.1) is 13.1 Å². The molecular weight excluding hydrogens is 829 g/mol. The van der Waals surface area contributed by atoms with Gasteiger partial charge in [-0.1, -0.05) is 0 Å². The van der Waals surface area contributed by atoms with E-state index >= 15 is 0 Å². The van der Waals surface area contributed by atoms with Crippen molar-refractivity contribution in [2.75, 3.05) is 147 Å². The molecule has 0 aliphatic carbocycles. The maximum atomic E-state index is 11.7. The molecule has 0 aromatic heterocycles. The Labute approximate surface area is 352 Å². The van der Waals surface area contributed by atoms with Crippen LogP contribution < -0.4 is 0 Å². The van der Waals surface area contributed by atoms with Crippen molar-refractivity contribution < 1.29 is 67.6 Å². The molecular formula is C40H82N2O10P2Tc. The Morgan fingerprint density at radius 2 is 0.673 bits per heavy atom. The second-order valence-electron chi connectivity index (χ2n) is 13.7. The van der Waals surface area contributed by atoms with E-state index < -0.39 is 11.2 Å². The Balaban J connectivity index is -0.000000358. The molecule has 0 aromatic carbocycles. The molecule has 0 aromatic rings. The quantitative estimate of drug-likeness (QED) is 0.0361. The van der Waals surface area contributed by atoms with Gasteiger partial charge in [0.15, 0.2) is 11.6 Å². The van der Waals surface area contributed by atoms with Crippen molar-refractivity contribution in [3.63, 3.8) is 0 Å². The van der Waals surface area contributed by atoms with Crippen LogP contribution in [0.3, 0.4) is 0 Å². The number of rotatable bonds is 35. The normalized spacial score (nSPS) is 11.7. The zero-order valence-electron chi connectivity index (χ0n) is 36.8. The van der Waals surface area contributed by atoms with Gasteiger partial charge in [-0.2, -0.15) is 12.4 Å². The van der Waals surface area contributed by atoms with E-state index in [0.29, 0.717) is 13.1 Å². The maximum Gasteiger partial charge on any atom is 0.185 e. The number of hydrogen-bond donors (Lipinski definition) is 0. The summed E-state index contributed by atoms with van der Waals surface area (Å²) < 4.78 is 40.8. The van der Waals surface area contributed by atoms with Gasteiger partial charge in [0.05, 0.1) is 37.0 Å². The Hall–Kier alpha value is -0.391. The van der Waals surface area contributed by atoms with E-state index in [1.165, 1.54) is 114 Å². The third-order valence-corrected chi connectivity index (χ3v) is 14.9. The van der Waals surface area contributed by atoms with E-state index in [-0.39, 0.29) is 47.5 Å². The second-order valence-corrected chi connectivity index (χ2v) is 19.7. The van der Waals surface area contributed by atoms with Crippen molar-refractivity contribution in [3.05, 3.63) is 35.2 Å². The summed E-state index contributed by atoms with van der Waals surface area (Å²) in [7, 11) is 13.2. The molecule has 0 amide bonds. The fourth-order valence-corrected chi connectivity index (χ4v) is 10.0. The summed E-state index contributed by atoms with van der Waals surface area (Å²) >= 11 is 0. The Morgan fingerprint density at radius 1 is 0.455 bits per heavy atom. The third-order valence-electron chi connectivity index (χ3n) is 8.50. The first-order chi connectivity index (χ1) is 25.9. The molecule has 0 spiro atoms. The van der Waals surface area contributed by atoms with Crippen LogP contribution in [0.5, 0.6) is 0 Å². The zero-order chi connectivity index (χ0) is 41.4. The van der Waals surface area contributed by atoms with Crippen LogP contribution in [0.4, 0.5) is 0 Å². The molecule has 0 fully saturated rings. The van der Waals surface area contributed by atoms with Crippen LogP contribution in [0.25, 0.3) is 10.6 Å². The predicted octanol–water partition coefficient (Wildman–Crippen LogP) is 7.37. The van der Waals surface area contributed by atoms with Gasteiger partial charge in [-0.3, -0.25) is 9.59 Å². The SMILES string of the molecule is COC(C)(C)C(=O)/C=C\[N-]CC[N-]/C=C\C(=O)C(C)(C)OC.COCCC[PH+](CCCOC)CCCOC.COCCC[PH+](CCCOC)CCCOC.[99Tc]. The van der Waals surface area contributed by atoms with Crippen molar-refractivity contribution in [2.45, 2.75) is 77.4 Å². The van der Waals surface area contributed by atoms with Gasteiger partial charge in [0, 0.05) is 171 Å². The standard InChI is InChI=1S/C16H28N2O4.2C12H27O3P.Tc/c1-15(2,21-5)13(19)7-9-17-11-12-18-10-8-14(20)16(3,4)22-6;2*1-13-7-4-10-16(11-5-8-14-2)12-6-9-15-3;/h7-10H,11-12H2,1-6H3,(H2,17,18,19,20);2*4-12H2,1-3H3;/i;;;1+1. The fraction of sp³-hybridized carbons (Fsp3) is 0.850. The van der Waals surface area contributed by atoms with Crippen LogP contribution in [0.2, 0.25) is 0 Å². The van der Waals surface area contributed by atoms with Crippen molar-refractivity contribution >= 4 is 27.4 Å². The van der Waals surface area contributed by atoms with E-state index in [4.69, 9.17) is 37.9 Å². The van der Waals surface area contributed by atoms with E-state index in [9.17, 15) is 9.59 Å². The van der Waals surface area contributed by atoms with Crippen LogP contribution >= 0.6 is 15.8 Å². The van der Waals surface area contributed by atoms with E-state index in [2.05, 4.69) is 10.6 Å². The van der Waals surface area contributed by atoms with Gasteiger partial charge >= 0.3 is 0 Å². The number of carbonyl (C=O) groups is 2. The van der Waals surface area contributed by atoms with Crippen molar-refractivity contribution in [3.8, 4) is 0 Å². The van der Waals surface area contributed by atoms with Crippen molar-refractivity contribution in [1.29, 1.82) is 0 Å². The molecule has 0 bridgehead atoms. The predicted molar refractivity (Wildman–Crippen MR) is 232 cm³/mol. The third kappa shape index (κ3) is 41.6. The number of methoxy groups -OCH3 is 8. The largest absolute Gasteiger partial charge is 0.692 e. The average Bonchev–Trinajstić information content (AvgIpc) is 3.16. The van der Waals surface area contributed by atoms with E-state index in [1.54, 1.807) is 70.4 Å². The summed E-state index contributed by atoms with van der Waals surface area (Å²) in [5.41, 5.74) is -1.68. The molecule has 0 heterocycles. The first-order valence-corrected chi connectivity index (χ1v) is 23.6. The number of hydrogen-bond acceptors (Lipinski definition) is 10. The first-order valence-electron chi connectivity index (χ1n) is 19.3. The molecule has 329 valence electrons. The summed E-state index contributed by atoms with van der Waals surface area (Å²) in [5.74, 6) is -0.300. The molecule has 12 nitrogen and oxygen atoms in total. The van der Waals surface area contributed by atoms with Gasteiger partial charge in [0.1, 0.15) is 11.2 Å². The van der Waals surface area contributed by atoms with Crippen LogP contribution in [0.1, 0.15) is 66.2 Å². The monoisotopic (exact) mass is 911 g/mol. The summed E-state index contributed by atoms with van der Waals surface area (Å²) in [6.07, 6.45) is 21.1. The summed E-state index contributed by atoms with van der Waals surface area (Å²) in [6, 6.07) is 0. The molecule has 0 N–H and O–H groups in total. The Bertz CT molecular complexity index is 784. The van der Waals surface area contributed by atoms with E-state index in [1.807, 2.05) is 0 Å². The van der Waals surface area contributed by atoms with Crippen molar-refractivity contribution in [2.24, 2.45) is 0 Å². The van der Waals surface area contributed by atoms with Gasteiger partial charge in [0.25, 0.3) is 0 Å². The van der Waals surface area contributed by atoms with Crippen molar-refractivity contribution in [1.82, 2.24) is 0 Å². The molecule has 0 unspecified atom stereocenters. The molecule has 0 rings (SSSR count). The minimum atomic E-state index is -0.840. The molecule has 0 saturated carbocycles. The van der Waals surface area contributed by atoms with E-state index in [0.717, 1.165) is 39.6 Å². The molecule has 55 heavy (non-hydrogen) atoms. The van der Waals surface area contributed by atoms with Gasteiger partial charge in [-0.25, -0.2) is 0 Å². The molecule has 0 aliphatic rings. The molecule has 1 radical (unpaired) electrons. The van der Waals surface area contributed by atoms with Gasteiger partial charge in [-0.05, 0) is 39.8 Å². The average molecular weight is 912 g/mol. The number of carbonyl (C=O) groups excluding carboxylic acids is 2. The minimum absolute atomic E-state index is 0. The number of ether oxygens (including phenoxy) is 8. The van der Waals surface area contributed by atoms with Crippen LogP contribution in [-0.2, 0) is 67.6 Å². The summed E-state index contributed by atoms with van der Waals surface area (Å²) in [4.78, 5) is 23.3. The van der Waals surface area contributed by atoms with Gasteiger partial charge < -0.3 is 48.5 Å². The molecule has 0 atom stereocenters. The second kappa shape index (κ2) is 44.7. The van der Waals surface area contributed by atoms with Gasteiger partial charge in [0.2, 0.25) is 0 Å². The molecule has 15 heteroatoms. The first kappa shape index (κ1) is 61.3. The van der Waals surface area contributed by atoms with Crippen LogP contribution in [0.15, 0.2) is 24.6 Å².